The van der Waals surface area contributed by atoms with Gasteiger partial charge in [-0.3, -0.25) is 4.98 Å². The molecular formula is C16H17F2N3S2. The monoisotopic (exact) mass is 353 g/mol. The predicted molar refractivity (Wildman–Crippen MR) is 94.8 cm³/mol. The molecule has 0 aliphatic heterocycles. The number of thiocarbonyl (C=S) groups is 1. The Labute approximate surface area is 144 Å². The zero-order valence-corrected chi connectivity index (χ0v) is 14.2. The maximum Gasteiger partial charge on any atom is 0.288 e. The third-order valence-corrected chi connectivity index (χ3v) is 4.21. The number of aromatic nitrogens is 1. The van der Waals surface area contributed by atoms with E-state index in [1.807, 2.05) is 24.0 Å². The lowest BCUT2D eigenvalue weighted by atomic mass is 10.2. The van der Waals surface area contributed by atoms with Gasteiger partial charge in [0.25, 0.3) is 5.76 Å². The zero-order valence-electron chi connectivity index (χ0n) is 12.6. The first-order chi connectivity index (χ1) is 11.1. The van der Waals surface area contributed by atoms with E-state index in [1.54, 1.807) is 36.7 Å². The normalized spacial score (nSPS) is 10.6. The lowest BCUT2D eigenvalue weighted by Gasteiger charge is -2.24. The van der Waals surface area contributed by atoms with E-state index < -0.39 is 5.76 Å². The van der Waals surface area contributed by atoms with Crippen LogP contribution in [0.2, 0.25) is 0 Å². The lowest BCUT2D eigenvalue weighted by molar-refractivity contribution is 0.252. The number of hydrogen-bond donors (Lipinski definition) is 1. The molecule has 1 N–H and O–H groups in total. The average molecular weight is 353 g/mol. The van der Waals surface area contributed by atoms with Crippen LogP contribution in [0.25, 0.3) is 0 Å². The van der Waals surface area contributed by atoms with Crippen LogP contribution in [0.5, 0.6) is 0 Å². The largest absolute Gasteiger partial charge is 0.345 e. The first-order valence-corrected chi connectivity index (χ1v) is 8.37. The van der Waals surface area contributed by atoms with Crippen LogP contribution < -0.4 is 5.32 Å². The van der Waals surface area contributed by atoms with Gasteiger partial charge in [0.15, 0.2) is 5.11 Å². The summed E-state index contributed by atoms with van der Waals surface area (Å²) in [6.07, 6.45) is 3.50. The van der Waals surface area contributed by atoms with Gasteiger partial charge >= 0.3 is 0 Å². The van der Waals surface area contributed by atoms with Crippen LogP contribution >= 0.6 is 24.0 Å². The quantitative estimate of drug-likeness (QED) is 0.604. The van der Waals surface area contributed by atoms with E-state index in [-0.39, 0.29) is 0 Å². The fourth-order valence-electron chi connectivity index (χ4n) is 1.96. The number of anilines is 1. The standard InChI is InChI=1S/C16H17F2N3S2/c1-2-21(11-12-7-9-19-10-8-12)16(22)20-13-3-5-14(6-4-13)23-15(17)18/h3-10,15H,2,11H2,1H3,(H,20,22). The second kappa shape index (κ2) is 8.79. The molecule has 0 bridgehead atoms. The summed E-state index contributed by atoms with van der Waals surface area (Å²) in [5.74, 6) is -2.41. The zero-order chi connectivity index (χ0) is 16.7. The Hall–Kier alpha value is -1.73. The molecule has 0 radical (unpaired) electrons. The molecule has 0 saturated carbocycles. The van der Waals surface area contributed by atoms with Crippen LogP contribution in [-0.2, 0) is 6.54 Å². The molecule has 0 saturated heterocycles. The summed E-state index contributed by atoms with van der Waals surface area (Å²) < 4.78 is 24.6. The SMILES string of the molecule is CCN(Cc1ccncc1)C(=S)Nc1ccc(SC(F)F)cc1. The van der Waals surface area contributed by atoms with E-state index in [9.17, 15) is 8.78 Å². The van der Waals surface area contributed by atoms with Gasteiger partial charge in [0, 0.05) is 36.1 Å². The summed E-state index contributed by atoms with van der Waals surface area (Å²) in [5.41, 5.74) is 1.90. The van der Waals surface area contributed by atoms with E-state index >= 15 is 0 Å². The van der Waals surface area contributed by atoms with Crippen molar-refractivity contribution in [3.8, 4) is 0 Å². The summed E-state index contributed by atoms with van der Waals surface area (Å²) in [6.45, 7) is 3.47. The van der Waals surface area contributed by atoms with Crippen molar-refractivity contribution in [3.05, 3.63) is 54.4 Å². The van der Waals surface area contributed by atoms with E-state index in [2.05, 4.69) is 10.3 Å². The molecule has 2 rings (SSSR count). The van der Waals surface area contributed by atoms with Crippen LogP contribution in [0.3, 0.4) is 0 Å². The molecule has 0 unspecified atom stereocenters. The van der Waals surface area contributed by atoms with Crippen molar-refractivity contribution < 1.29 is 8.78 Å². The highest BCUT2D eigenvalue weighted by molar-refractivity contribution is 7.99. The number of pyridine rings is 1. The summed E-state index contributed by atoms with van der Waals surface area (Å²) in [5, 5.41) is 3.73. The molecule has 1 aromatic heterocycles. The third-order valence-electron chi connectivity index (χ3n) is 3.12. The van der Waals surface area contributed by atoms with Crippen molar-refractivity contribution >= 4 is 34.8 Å². The van der Waals surface area contributed by atoms with E-state index in [0.29, 0.717) is 28.3 Å². The molecule has 7 heteroatoms. The molecular weight excluding hydrogens is 336 g/mol. The summed E-state index contributed by atoms with van der Waals surface area (Å²) in [6, 6.07) is 10.7. The highest BCUT2D eigenvalue weighted by Gasteiger charge is 2.09. The number of benzene rings is 1. The number of nitrogens with one attached hydrogen (secondary N) is 1. The molecule has 1 aromatic carbocycles. The predicted octanol–water partition coefficient (Wildman–Crippen LogP) is 4.62. The highest BCUT2D eigenvalue weighted by atomic mass is 32.2. The van der Waals surface area contributed by atoms with Crippen molar-refractivity contribution in [2.24, 2.45) is 0 Å². The van der Waals surface area contributed by atoms with Gasteiger partial charge < -0.3 is 10.2 Å². The molecule has 0 fully saturated rings. The van der Waals surface area contributed by atoms with Crippen LogP contribution in [0.15, 0.2) is 53.7 Å². The minimum Gasteiger partial charge on any atom is -0.345 e. The van der Waals surface area contributed by atoms with Gasteiger partial charge in [0.1, 0.15) is 0 Å². The fourth-order valence-corrected chi connectivity index (χ4v) is 2.77. The molecule has 2 aromatic rings. The number of nitrogens with zero attached hydrogens (tertiary/aromatic N) is 2. The minimum absolute atomic E-state index is 0.528. The maximum absolute atomic E-state index is 12.3. The van der Waals surface area contributed by atoms with Gasteiger partial charge in [-0.05, 0) is 61.1 Å². The Bertz CT molecular complexity index is 621. The van der Waals surface area contributed by atoms with Crippen molar-refractivity contribution in [2.75, 3.05) is 11.9 Å². The Morgan fingerprint density at radius 2 is 1.87 bits per heavy atom. The molecule has 3 nitrogen and oxygen atoms in total. The second-order valence-electron chi connectivity index (χ2n) is 4.70. The number of alkyl halides is 2. The first-order valence-electron chi connectivity index (χ1n) is 7.08. The molecule has 122 valence electrons. The van der Waals surface area contributed by atoms with Gasteiger partial charge in [0.05, 0.1) is 0 Å². The Kier molecular flexibility index (Phi) is 6.73. The number of halogens is 2. The second-order valence-corrected chi connectivity index (χ2v) is 6.15. The summed E-state index contributed by atoms with van der Waals surface area (Å²) in [4.78, 5) is 6.55. The highest BCUT2D eigenvalue weighted by Crippen LogP contribution is 2.26. The van der Waals surface area contributed by atoms with Crippen molar-refractivity contribution in [3.63, 3.8) is 0 Å². The minimum atomic E-state index is -2.41. The smallest absolute Gasteiger partial charge is 0.288 e. The van der Waals surface area contributed by atoms with Crippen LogP contribution in [0.4, 0.5) is 14.5 Å². The molecule has 0 amide bonds. The fraction of sp³-hybridized carbons (Fsp3) is 0.250. The molecule has 23 heavy (non-hydrogen) atoms. The van der Waals surface area contributed by atoms with E-state index in [4.69, 9.17) is 12.2 Å². The molecule has 0 spiro atoms. The van der Waals surface area contributed by atoms with Crippen molar-refractivity contribution in [1.82, 2.24) is 9.88 Å². The number of thioether (sulfide) groups is 1. The topological polar surface area (TPSA) is 28.2 Å². The number of hydrogen-bond acceptors (Lipinski definition) is 3. The van der Waals surface area contributed by atoms with Crippen LogP contribution in [-0.4, -0.2) is 27.3 Å². The Morgan fingerprint density at radius 3 is 2.43 bits per heavy atom. The van der Waals surface area contributed by atoms with Crippen LogP contribution in [0, 0.1) is 0 Å². The first kappa shape index (κ1) is 17.6. The van der Waals surface area contributed by atoms with E-state index in [0.717, 1.165) is 17.8 Å². The van der Waals surface area contributed by atoms with Crippen molar-refractivity contribution in [1.29, 1.82) is 0 Å². The average Bonchev–Trinajstić information content (AvgIpc) is 2.55. The summed E-state index contributed by atoms with van der Waals surface area (Å²) >= 11 is 5.96. The number of rotatable bonds is 6. The summed E-state index contributed by atoms with van der Waals surface area (Å²) in [7, 11) is 0. The molecule has 1 heterocycles. The van der Waals surface area contributed by atoms with Gasteiger partial charge in [-0.25, -0.2) is 0 Å². The van der Waals surface area contributed by atoms with Gasteiger partial charge in [-0.2, -0.15) is 8.78 Å². The molecule has 0 atom stereocenters. The Morgan fingerprint density at radius 1 is 1.22 bits per heavy atom. The van der Waals surface area contributed by atoms with Gasteiger partial charge in [-0.1, -0.05) is 11.8 Å². The lowest BCUT2D eigenvalue weighted by Crippen LogP contribution is -2.34. The van der Waals surface area contributed by atoms with Crippen molar-refractivity contribution in [2.45, 2.75) is 24.1 Å². The molecule has 0 aliphatic rings. The van der Waals surface area contributed by atoms with Gasteiger partial charge in [-0.15, -0.1) is 0 Å². The molecule has 0 aliphatic carbocycles. The van der Waals surface area contributed by atoms with E-state index in [1.165, 1.54) is 0 Å². The van der Waals surface area contributed by atoms with Gasteiger partial charge in [0.2, 0.25) is 0 Å². The third kappa shape index (κ3) is 5.76. The maximum atomic E-state index is 12.3. The Balaban J connectivity index is 1.96. The van der Waals surface area contributed by atoms with Crippen LogP contribution in [0.1, 0.15) is 12.5 Å².